The Morgan fingerprint density at radius 2 is 1.92 bits per heavy atom. The molecule has 2 aliphatic heterocycles. The Bertz CT molecular complexity index is 638. The maximum Gasteiger partial charge on any atom is 0.326 e. The summed E-state index contributed by atoms with van der Waals surface area (Å²) in [6.07, 6.45) is 3.70. The minimum absolute atomic E-state index is 0.0104. The lowest BCUT2D eigenvalue weighted by Crippen LogP contribution is -2.42. The van der Waals surface area contributed by atoms with Crippen molar-refractivity contribution >= 4 is 23.2 Å². The van der Waals surface area contributed by atoms with Crippen LogP contribution in [0.3, 0.4) is 0 Å². The average molecular weight is 379 g/mol. The Kier molecular flexibility index (Phi) is 5.72. The summed E-state index contributed by atoms with van der Waals surface area (Å²) >= 11 is 1.91. The van der Waals surface area contributed by atoms with E-state index in [9.17, 15) is 14.7 Å². The van der Waals surface area contributed by atoms with Crippen molar-refractivity contribution < 1.29 is 14.7 Å². The Balaban J connectivity index is 1.56. The first-order valence-electron chi connectivity index (χ1n) is 9.58. The number of thiophene rings is 1. The summed E-state index contributed by atoms with van der Waals surface area (Å²) in [6, 6.07) is 3.86. The van der Waals surface area contributed by atoms with E-state index in [0.29, 0.717) is 18.9 Å². The van der Waals surface area contributed by atoms with Crippen LogP contribution in [0.25, 0.3) is 0 Å². The fraction of sp³-hybridized carbons (Fsp3) is 0.700. The van der Waals surface area contributed by atoms with Crippen LogP contribution in [0.2, 0.25) is 0 Å². The number of likely N-dealkylation sites (tertiary alicyclic amines) is 2. The van der Waals surface area contributed by atoms with Gasteiger partial charge in [0.25, 0.3) is 0 Å². The van der Waals surface area contributed by atoms with E-state index in [1.807, 2.05) is 11.3 Å². The fourth-order valence-electron chi connectivity index (χ4n) is 4.40. The Morgan fingerprint density at radius 3 is 2.46 bits per heavy atom. The summed E-state index contributed by atoms with van der Waals surface area (Å²) in [5.41, 5.74) is -0.0104. The quantitative estimate of drug-likeness (QED) is 0.854. The molecule has 1 aromatic heterocycles. The third-order valence-electron chi connectivity index (χ3n) is 5.82. The van der Waals surface area contributed by atoms with E-state index in [4.69, 9.17) is 0 Å². The van der Waals surface area contributed by atoms with Crippen molar-refractivity contribution in [2.24, 2.45) is 11.3 Å². The summed E-state index contributed by atoms with van der Waals surface area (Å²) in [4.78, 5) is 30.3. The highest BCUT2D eigenvalue weighted by Crippen LogP contribution is 2.43. The van der Waals surface area contributed by atoms with Crippen LogP contribution in [-0.2, 0) is 22.6 Å². The molecule has 0 aliphatic carbocycles. The van der Waals surface area contributed by atoms with E-state index in [-0.39, 0.29) is 11.3 Å². The Hall–Kier alpha value is -1.40. The monoisotopic (exact) mass is 378 g/mol. The number of piperidine rings is 1. The van der Waals surface area contributed by atoms with Crippen molar-refractivity contribution in [1.29, 1.82) is 0 Å². The van der Waals surface area contributed by atoms with Crippen LogP contribution < -0.4 is 0 Å². The number of carboxylic acid groups (broad SMARTS) is 1. The average Bonchev–Trinajstić information content (AvgIpc) is 3.14. The molecule has 0 aromatic carbocycles. The van der Waals surface area contributed by atoms with Crippen LogP contribution in [0.15, 0.2) is 12.1 Å². The van der Waals surface area contributed by atoms with Gasteiger partial charge < -0.3 is 10.0 Å². The van der Waals surface area contributed by atoms with E-state index < -0.39 is 12.0 Å². The van der Waals surface area contributed by atoms with Gasteiger partial charge >= 0.3 is 5.97 Å². The van der Waals surface area contributed by atoms with E-state index >= 15 is 0 Å². The van der Waals surface area contributed by atoms with Crippen LogP contribution in [0.4, 0.5) is 0 Å². The van der Waals surface area contributed by atoms with Gasteiger partial charge in [0.2, 0.25) is 5.91 Å². The van der Waals surface area contributed by atoms with Crippen molar-refractivity contribution in [2.45, 2.75) is 59.0 Å². The second kappa shape index (κ2) is 7.69. The predicted molar refractivity (Wildman–Crippen MR) is 103 cm³/mol. The highest BCUT2D eigenvalue weighted by molar-refractivity contribution is 7.11. The molecule has 2 fully saturated rings. The highest BCUT2D eigenvalue weighted by atomic mass is 32.1. The van der Waals surface area contributed by atoms with Crippen molar-refractivity contribution in [3.63, 3.8) is 0 Å². The molecule has 2 saturated heterocycles. The number of hydrogen-bond donors (Lipinski definition) is 1. The van der Waals surface area contributed by atoms with Crippen molar-refractivity contribution in [3.05, 3.63) is 21.9 Å². The smallest absolute Gasteiger partial charge is 0.326 e. The molecule has 1 N–H and O–H groups in total. The molecule has 1 amide bonds. The number of carbonyl (C=O) groups excluding carboxylic acids is 1. The Labute approximate surface area is 160 Å². The lowest BCUT2D eigenvalue weighted by Gasteiger charge is -2.39. The molecule has 1 atom stereocenters. The highest BCUT2D eigenvalue weighted by Gasteiger charge is 2.49. The lowest BCUT2D eigenvalue weighted by molar-refractivity contribution is -0.147. The van der Waals surface area contributed by atoms with Gasteiger partial charge in [-0.15, -0.1) is 11.3 Å². The predicted octanol–water partition coefficient (Wildman–Crippen LogP) is 3.23. The summed E-state index contributed by atoms with van der Waals surface area (Å²) in [7, 11) is 0. The van der Waals surface area contributed by atoms with Crippen LogP contribution in [-0.4, -0.2) is 52.5 Å². The van der Waals surface area contributed by atoms with Crippen molar-refractivity contribution in [2.75, 3.05) is 19.6 Å². The number of carbonyl (C=O) groups is 2. The minimum Gasteiger partial charge on any atom is -0.480 e. The van der Waals surface area contributed by atoms with E-state index in [1.54, 1.807) is 4.90 Å². The number of carboxylic acids is 1. The van der Waals surface area contributed by atoms with Crippen LogP contribution in [0.5, 0.6) is 0 Å². The third-order valence-corrected chi connectivity index (χ3v) is 6.91. The minimum atomic E-state index is -0.865. The molecule has 1 aromatic rings. The molecule has 2 aliphatic rings. The van der Waals surface area contributed by atoms with Gasteiger partial charge in [-0.25, -0.2) is 4.79 Å². The van der Waals surface area contributed by atoms with Crippen molar-refractivity contribution in [1.82, 2.24) is 9.80 Å². The molecule has 5 nitrogen and oxygen atoms in total. The maximum atomic E-state index is 11.8. The van der Waals surface area contributed by atoms with Crippen LogP contribution >= 0.6 is 11.3 Å². The summed E-state index contributed by atoms with van der Waals surface area (Å²) < 4.78 is 0. The molecule has 0 bridgehead atoms. The Morgan fingerprint density at radius 1 is 1.27 bits per heavy atom. The van der Waals surface area contributed by atoms with Gasteiger partial charge in [0, 0.05) is 29.8 Å². The molecule has 6 heteroatoms. The van der Waals surface area contributed by atoms with Gasteiger partial charge in [0.15, 0.2) is 0 Å². The number of aliphatic carboxylic acids is 1. The molecule has 1 spiro atoms. The SMILES string of the molecule is CC(=O)N1CC2(CCN(Cc3ccc(CC(C)C)s3)CC2)C[C@H]1C(=O)O. The van der Waals surface area contributed by atoms with Crippen LogP contribution in [0.1, 0.15) is 49.8 Å². The zero-order valence-corrected chi connectivity index (χ0v) is 16.8. The molecule has 0 radical (unpaired) electrons. The number of amides is 1. The van der Waals surface area contributed by atoms with Crippen molar-refractivity contribution in [3.8, 4) is 0 Å². The van der Waals surface area contributed by atoms with E-state index in [2.05, 4.69) is 30.9 Å². The first kappa shape index (κ1) is 19.4. The standard InChI is InChI=1S/C20H30N2O3S/c1-14(2)10-16-4-5-17(26-16)12-21-8-6-20(7-9-21)11-18(19(24)25)22(13-20)15(3)23/h4-5,14,18H,6-13H2,1-3H3,(H,24,25)/t18-/m0/s1. The first-order valence-corrected chi connectivity index (χ1v) is 10.4. The molecule has 3 heterocycles. The zero-order chi connectivity index (χ0) is 18.9. The lowest BCUT2D eigenvalue weighted by atomic mass is 9.76. The van der Waals surface area contributed by atoms with Gasteiger partial charge in [-0.3, -0.25) is 9.69 Å². The number of hydrogen-bond acceptors (Lipinski definition) is 4. The largest absolute Gasteiger partial charge is 0.480 e. The molecule has 0 unspecified atom stereocenters. The number of rotatable bonds is 5. The van der Waals surface area contributed by atoms with E-state index in [1.165, 1.54) is 16.7 Å². The molecular formula is C20H30N2O3S. The molecule has 144 valence electrons. The first-order chi connectivity index (χ1) is 12.3. The molecule has 0 saturated carbocycles. The topological polar surface area (TPSA) is 60.9 Å². The van der Waals surface area contributed by atoms with Gasteiger partial charge in [0.1, 0.15) is 6.04 Å². The summed E-state index contributed by atoms with van der Waals surface area (Å²) in [6.45, 7) is 9.53. The van der Waals surface area contributed by atoms with Gasteiger partial charge in [-0.05, 0) is 62.2 Å². The second-order valence-electron chi connectivity index (χ2n) is 8.45. The van der Waals surface area contributed by atoms with E-state index in [0.717, 1.165) is 38.9 Å². The third kappa shape index (κ3) is 4.29. The van der Waals surface area contributed by atoms with Crippen LogP contribution in [0, 0.1) is 11.3 Å². The van der Waals surface area contributed by atoms with Gasteiger partial charge in [0.05, 0.1) is 0 Å². The molecular weight excluding hydrogens is 348 g/mol. The molecule has 3 rings (SSSR count). The second-order valence-corrected chi connectivity index (χ2v) is 9.70. The van der Waals surface area contributed by atoms with Gasteiger partial charge in [-0.1, -0.05) is 13.8 Å². The maximum absolute atomic E-state index is 11.8. The fourth-order valence-corrected chi connectivity index (χ4v) is 5.67. The molecule has 26 heavy (non-hydrogen) atoms. The number of nitrogens with zero attached hydrogens (tertiary/aromatic N) is 2. The summed E-state index contributed by atoms with van der Waals surface area (Å²) in [5.74, 6) is -0.297. The van der Waals surface area contributed by atoms with Gasteiger partial charge in [-0.2, -0.15) is 0 Å². The normalized spacial score (nSPS) is 23.1. The summed E-state index contributed by atoms with van der Waals surface area (Å²) in [5, 5.41) is 9.46. The zero-order valence-electron chi connectivity index (χ0n) is 16.0.